The van der Waals surface area contributed by atoms with Gasteiger partial charge in [-0.25, -0.2) is 0 Å². The van der Waals surface area contributed by atoms with Gasteiger partial charge in [-0.1, -0.05) is 6.92 Å². The minimum Gasteiger partial charge on any atom is -0.397 e. The van der Waals surface area contributed by atoms with Gasteiger partial charge in [0.2, 0.25) is 0 Å². The first kappa shape index (κ1) is 12.7. The monoisotopic (exact) mass is 247 g/mol. The fraction of sp³-hybridized carbons (Fsp3) is 0.500. The summed E-state index contributed by atoms with van der Waals surface area (Å²) in [5, 5.41) is 2.64. The van der Waals surface area contributed by atoms with E-state index in [2.05, 4.69) is 24.1 Å². The maximum atomic E-state index is 11.7. The van der Waals surface area contributed by atoms with Gasteiger partial charge in [-0.15, -0.1) is 0 Å². The molecule has 1 saturated heterocycles. The van der Waals surface area contributed by atoms with Crippen LogP contribution in [0.3, 0.4) is 0 Å². The van der Waals surface area contributed by atoms with Gasteiger partial charge >= 0.3 is 0 Å². The van der Waals surface area contributed by atoms with Crippen LogP contribution >= 0.6 is 0 Å². The summed E-state index contributed by atoms with van der Waals surface area (Å²) < 4.78 is 0. The van der Waals surface area contributed by atoms with Crippen molar-refractivity contribution in [1.29, 1.82) is 0 Å². The lowest BCUT2D eigenvalue weighted by molar-refractivity contribution is 0.0963. The van der Waals surface area contributed by atoms with E-state index in [9.17, 15) is 4.79 Å². The Morgan fingerprint density at radius 3 is 2.72 bits per heavy atom. The molecule has 1 aliphatic heterocycles. The third-order valence-corrected chi connectivity index (χ3v) is 3.61. The van der Waals surface area contributed by atoms with Crippen LogP contribution in [-0.4, -0.2) is 25.5 Å². The lowest BCUT2D eigenvalue weighted by Crippen LogP contribution is -2.28. The Hall–Kier alpha value is -1.71. The molecule has 3 N–H and O–H groups in total. The highest BCUT2D eigenvalue weighted by molar-refractivity contribution is 5.96. The van der Waals surface area contributed by atoms with Crippen LogP contribution in [0, 0.1) is 5.92 Å². The largest absolute Gasteiger partial charge is 0.397 e. The lowest BCUT2D eigenvalue weighted by atomic mass is 10.1. The predicted molar refractivity (Wildman–Crippen MR) is 74.8 cm³/mol. The number of nitrogens with zero attached hydrogens (tertiary/aromatic N) is 1. The SMILES string of the molecule is CNC(=O)c1ccc(N)c(N2CC(C)CC2C)c1. The number of nitrogen functional groups attached to an aromatic ring is 1. The van der Waals surface area contributed by atoms with Crippen molar-refractivity contribution in [3.8, 4) is 0 Å². The van der Waals surface area contributed by atoms with E-state index in [1.54, 1.807) is 13.1 Å². The number of carbonyl (C=O) groups is 1. The van der Waals surface area contributed by atoms with E-state index in [1.807, 2.05) is 12.1 Å². The highest BCUT2D eigenvalue weighted by Gasteiger charge is 2.27. The smallest absolute Gasteiger partial charge is 0.251 e. The molecule has 2 atom stereocenters. The van der Waals surface area contributed by atoms with E-state index in [0.29, 0.717) is 17.5 Å². The highest BCUT2D eigenvalue weighted by atomic mass is 16.1. The summed E-state index contributed by atoms with van der Waals surface area (Å²) in [5.74, 6) is 0.596. The third-order valence-electron chi connectivity index (χ3n) is 3.61. The molecule has 98 valence electrons. The Morgan fingerprint density at radius 2 is 2.17 bits per heavy atom. The molecule has 1 aromatic carbocycles. The molecule has 4 heteroatoms. The minimum atomic E-state index is -0.0730. The first-order valence-corrected chi connectivity index (χ1v) is 6.41. The Labute approximate surface area is 108 Å². The summed E-state index contributed by atoms with van der Waals surface area (Å²) in [6.07, 6.45) is 1.17. The van der Waals surface area contributed by atoms with Crippen LogP contribution in [-0.2, 0) is 0 Å². The molecule has 1 aliphatic rings. The number of benzene rings is 1. The Balaban J connectivity index is 2.35. The molecule has 18 heavy (non-hydrogen) atoms. The van der Waals surface area contributed by atoms with E-state index in [1.165, 1.54) is 6.42 Å². The van der Waals surface area contributed by atoms with E-state index in [4.69, 9.17) is 5.73 Å². The van der Waals surface area contributed by atoms with Gasteiger partial charge in [0.05, 0.1) is 11.4 Å². The van der Waals surface area contributed by atoms with Crippen molar-refractivity contribution in [2.75, 3.05) is 24.2 Å². The van der Waals surface area contributed by atoms with Crippen molar-refractivity contribution >= 4 is 17.3 Å². The van der Waals surface area contributed by atoms with Gasteiger partial charge in [0.25, 0.3) is 5.91 Å². The van der Waals surface area contributed by atoms with Crippen molar-refractivity contribution in [2.24, 2.45) is 5.92 Å². The minimum absolute atomic E-state index is 0.0730. The van der Waals surface area contributed by atoms with Crippen molar-refractivity contribution in [3.63, 3.8) is 0 Å². The van der Waals surface area contributed by atoms with E-state index >= 15 is 0 Å². The van der Waals surface area contributed by atoms with Gasteiger partial charge in [0.1, 0.15) is 0 Å². The lowest BCUT2D eigenvalue weighted by Gasteiger charge is -2.25. The molecule has 0 radical (unpaired) electrons. The van der Waals surface area contributed by atoms with Gasteiger partial charge in [-0.2, -0.15) is 0 Å². The molecule has 0 saturated carbocycles. The third kappa shape index (κ3) is 2.28. The van der Waals surface area contributed by atoms with Crippen LogP contribution in [0.15, 0.2) is 18.2 Å². The molecule has 0 aromatic heterocycles. The second-order valence-corrected chi connectivity index (χ2v) is 5.19. The summed E-state index contributed by atoms with van der Waals surface area (Å²) in [4.78, 5) is 14.0. The standard InChI is InChI=1S/C14H21N3O/c1-9-6-10(2)17(8-9)13-7-11(14(18)16-3)4-5-12(13)15/h4-5,7,9-10H,6,8,15H2,1-3H3,(H,16,18). The number of nitrogens with two attached hydrogens (primary N) is 1. The summed E-state index contributed by atoms with van der Waals surface area (Å²) in [6.45, 7) is 5.45. The van der Waals surface area contributed by atoms with Crippen LogP contribution < -0.4 is 16.0 Å². The van der Waals surface area contributed by atoms with Gasteiger partial charge < -0.3 is 16.0 Å². The molecule has 0 bridgehead atoms. The average Bonchev–Trinajstić information content (AvgIpc) is 2.68. The normalized spacial score (nSPS) is 23.2. The van der Waals surface area contributed by atoms with Crippen molar-refractivity contribution < 1.29 is 4.79 Å². The Kier molecular flexibility index (Phi) is 3.45. The number of rotatable bonds is 2. The van der Waals surface area contributed by atoms with Gasteiger partial charge in [0, 0.05) is 25.2 Å². The Bertz CT molecular complexity index is 458. The first-order valence-electron chi connectivity index (χ1n) is 6.41. The molecule has 1 fully saturated rings. The quantitative estimate of drug-likeness (QED) is 0.784. The maximum Gasteiger partial charge on any atom is 0.251 e. The summed E-state index contributed by atoms with van der Waals surface area (Å²) >= 11 is 0. The molecule has 2 unspecified atom stereocenters. The van der Waals surface area contributed by atoms with Crippen LogP contribution in [0.1, 0.15) is 30.6 Å². The molecular formula is C14H21N3O. The zero-order valence-electron chi connectivity index (χ0n) is 11.2. The summed E-state index contributed by atoms with van der Waals surface area (Å²) in [7, 11) is 1.64. The second kappa shape index (κ2) is 4.88. The fourth-order valence-corrected chi connectivity index (χ4v) is 2.71. The number of hydrogen-bond acceptors (Lipinski definition) is 3. The molecular weight excluding hydrogens is 226 g/mol. The zero-order chi connectivity index (χ0) is 13.3. The molecule has 1 aromatic rings. The van der Waals surface area contributed by atoms with Crippen LogP contribution in [0.5, 0.6) is 0 Å². The predicted octanol–water partition coefficient (Wildman–Crippen LogP) is 1.86. The first-order chi connectivity index (χ1) is 8.52. The van der Waals surface area contributed by atoms with Crippen LogP contribution in [0.25, 0.3) is 0 Å². The second-order valence-electron chi connectivity index (χ2n) is 5.19. The highest BCUT2D eigenvalue weighted by Crippen LogP contribution is 2.33. The van der Waals surface area contributed by atoms with Crippen LogP contribution in [0.2, 0.25) is 0 Å². The topological polar surface area (TPSA) is 58.4 Å². The fourth-order valence-electron chi connectivity index (χ4n) is 2.71. The van der Waals surface area contributed by atoms with E-state index in [0.717, 1.165) is 17.9 Å². The molecule has 0 spiro atoms. The summed E-state index contributed by atoms with van der Waals surface area (Å²) in [5.41, 5.74) is 8.42. The van der Waals surface area contributed by atoms with E-state index in [-0.39, 0.29) is 5.91 Å². The molecule has 1 heterocycles. The zero-order valence-corrected chi connectivity index (χ0v) is 11.2. The van der Waals surface area contributed by atoms with Crippen molar-refractivity contribution in [1.82, 2.24) is 5.32 Å². The molecule has 4 nitrogen and oxygen atoms in total. The van der Waals surface area contributed by atoms with Gasteiger partial charge in [0.15, 0.2) is 0 Å². The number of carbonyl (C=O) groups excluding carboxylic acids is 1. The number of hydrogen-bond donors (Lipinski definition) is 2. The van der Waals surface area contributed by atoms with E-state index < -0.39 is 0 Å². The summed E-state index contributed by atoms with van der Waals surface area (Å²) in [6, 6.07) is 5.95. The van der Waals surface area contributed by atoms with Crippen molar-refractivity contribution in [2.45, 2.75) is 26.3 Å². The van der Waals surface area contributed by atoms with Gasteiger partial charge in [-0.3, -0.25) is 4.79 Å². The Morgan fingerprint density at radius 1 is 1.44 bits per heavy atom. The molecule has 2 rings (SSSR count). The molecule has 0 aliphatic carbocycles. The molecule has 1 amide bonds. The number of amides is 1. The van der Waals surface area contributed by atoms with Crippen LogP contribution in [0.4, 0.5) is 11.4 Å². The van der Waals surface area contributed by atoms with Crippen molar-refractivity contribution in [3.05, 3.63) is 23.8 Å². The van der Waals surface area contributed by atoms with Gasteiger partial charge in [-0.05, 0) is 37.5 Å². The maximum absolute atomic E-state index is 11.7. The number of nitrogens with one attached hydrogen (secondary N) is 1. The average molecular weight is 247 g/mol. The number of anilines is 2.